The Labute approximate surface area is 125 Å². The van der Waals surface area contributed by atoms with E-state index in [2.05, 4.69) is 23.3 Å². The maximum Gasteiger partial charge on any atom is 0.133 e. The van der Waals surface area contributed by atoms with Crippen LogP contribution in [0, 0.1) is 5.82 Å². The fraction of sp³-hybridized carbons (Fsp3) is 0.353. The van der Waals surface area contributed by atoms with Crippen molar-refractivity contribution in [2.24, 2.45) is 0 Å². The molecule has 2 aromatic rings. The first-order valence-corrected chi connectivity index (χ1v) is 7.27. The third-order valence-electron chi connectivity index (χ3n) is 3.35. The summed E-state index contributed by atoms with van der Waals surface area (Å²) < 4.78 is 13.4. The van der Waals surface area contributed by atoms with Gasteiger partial charge < -0.3 is 10.2 Å². The Morgan fingerprint density at radius 3 is 2.71 bits per heavy atom. The summed E-state index contributed by atoms with van der Waals surface area (Å²) in [4.78, 5) is 6.61. The molecular formula is C17H22FN3. The number of benzene rings is 1. The maximum atomic E-state index is 13.4. The predicted octanol–water partition coefficient (Wildman–Crippen LogP) is 3.66. The molecule has 0 unspecified atom stereocenters. The average Bonchev–Trinajstić information content (AvgIpc) is 2.47. The van der Waals surface area contributed by atoms with Crippen molar-refractivity contribution in [1.82, 2.24) is 10.3 Å². The van der Waals surface area contributed by atoms with Gasteiger partial charge in [-0.1, -0.05) is 19.4 Å². The van der Waals surface area contributed by atoms with Crippen molar-refractivity contribution in [2.75, 3.05) is 19.0 Å². The van der Waals surface area contributed by atoms with Crippen LogP contribution in [0.15, 0.2) is 36.4 Å². The number of pyridine rings is 1. The zero-order valence-electron chi connectivity index (χ0n) is 12.9. The molecule has 2 rings (SSSR count). The molecule has 1 heterocycles. The van der Waals surface area contributed by atoms with Gasteiger partial charge in [-0.2, -0.15) is 0 Å². The molecule has 0 spiro atoms. The van der Waals surface area contributed by atoms with Crippen LogP contribution in [0.25, 0.3) is 0 Å². The molecule has 4 heteroatoms. The van der Waals surface area contributed by atoms with Crippen LogP contribution in [-0.2, 0) is 13.0 Å². The normalized spacial score (nSPS) is 10.7. The lowest BCUT2D eigenvalue weighted by atomic mass is 10.1. The summed E-state index contributed by atoms with van der Waals surface area (Å²) in [5.74, 6) is 0.608. The summed E-state index contributed by atoms with van der Waals surface area (Å²) in [6, 6.07) is 10.7. The summed E-state index contributed by atoms with van der Waals surface area (Å²) in [5.41, 5.74) is 3.06. The van der Waals surface area contributed by atoms with Crippen molar-refractivity contribution in [1.29, 1.82) is 0 Å². The van der Waals surface area contributed by atoms with Gasteiger partial charge in [0, 0.05) is 25.0 Å². The molecule has 1 N–H and O–H groups in total. The van der Waals surface area contributed by atoms with Crippen molar-refractivity contribution < 1.29 is 4.39 Å². The zero-order valence-corrected chi connectivity index (χ0v) is 12.9. The van der Waals surface area contributed by atoms with Crippen LogP contribution in [0.1, 0.15) is 24.6 Å². The first-order valence-electron chi connectivity index (χ1n) is 7.27. The Bertz CT molecular complexity index is 574. The molecule has 1 aromatic heterocycles. The summed E-state index contributed by atoms with van der Waals surface area (Å²) in [5, 5.41) is 3.16. The smallest absolute Gasteiger partial charge is 0.133 e. The number of aromatic nitrogens is 1. The minimum absolute atomic E-state index is 0.237. The van der Waals surface area contributed by atoms with E-state index in [0.717, 1.165) is 36.6 Å². The van der Waals surface area contributed by atoms with Crippen molar-refractivity contribution in [3.63, 3.8) is 0 Å². The van der Waals surface area contributed by atoms with Crippen LogP contribution in [0.3, 0.4) is 0 Å². The minimum atomic E-state index is -0.237. The Kier molecular flexibility index (Phi) is 5.28. The van der Waals surface area contributed by atoms with Crippen LogP contribution in [-0.4, -0.2) is 19.1 Å². The van der Waals surface area contributed by atoms with Gasteiger partial charge in [0.05, 0.1) is 0 Å². The number of rotatable bonds is 6. The first-order chi connectivity index (χ1) is 10.1. The molecule has 1 aromatic carbocycles. The van der Waals surface area contributed by atoms with E-state index in [4.69, 9.17) is 0 Å². The molecule has 3 nitrogen and oxygen atoms in total. The number of anilines is 2. The van der Waals surface area contributed by atoms with Gasteiger partial charge in [0.1, 0.15) is 11.6 Å². The molecular weight excluding hydrogens is 265 g/mol. The highest BCUT2D eigenvalue weighted by Gasteiger charge is 2.09. The summed E-state index contributed by atoms with van der Waals surface area (Å²) in [7, 11) is 3.84. The van der Waals surface area contributed by atoms with Gasteiger partial charge in [-0.3, -0.25) is 0 Å². The SMILES string of the molecule is CCCc1cc(CNC)cc(N(C)c2cccc(F)c2)n1. The number of hydrogen-bond donors (Lipinski definition) is 1. The van der Waals surface area contributed by atoms with Crippen molar-refractivity contribution in [3.05, 3.63) is 53.5 Å². The molecule has 0 aliphatic heterocycles. The number of hydrogen-bond acceptors (Lipinski definition) is 3. The summed E-state index contributed by atoms with van der Waals surface area (Å²) in [6.07, 6.45) is 2.00. The molecule has 0 amide bonds. The second-order valence-corrected chi connectivity index (χ2v) is 5.14. The van der Waals surface area contributed by atoms with Gasteiger partial charge in [-0.05, 0) is 49.4 Å². The molecule has 21 heavy (non-hydrogen) atoms. The van der Waals surface area contributed by atoms with E-state index >= 15 is 0 Å². The van der Waals surface area contributed by atoms with E-state index in [0.29, 0.717) is 0 Å². The highest BCUT2D eigenvalue weighted by atomic mass is 19.1. The Balaban J connectivity index is 2.36. The highest BCUT2D eigenvalue weighted by molar-refractivity contribution is 5.59. The van der Waals surface area contributed by atoms with Gasteiger partial charge in [0.15, 0.2) is 0 Å². The molecule has 0 atom stereocenters. The molecule has 0 fully saturated rings. The number of nitrogens with zero attached hydrogens (tertiary/aromatic N) is 2. The molecule has 0 saturated carbocycles. The number of halogens is 1. The molecule has 0 bridgehead atoms. The standard InChI is InChI=1S/C17H22FN3/c1-4-6-15-9-13(12-19-2)10-17(20-15)21(3)16-8-5-7-14(18)11-16/h5,7-11,19H,4,6,12H2,1-3H3. The molecule has 0 radical (unpaired) electrons. The minimum Gasteiger partial charge on any atom is -0.329 e. The largest absolute Gasteiger partial charge is 0.329 e. The van der Waals surface area contributed by atoms with E-state index in [1.807, 2.05) is 31.1 Å². The van der Waals surface area contributed by atoms with E-state index in [-0.39, 0.29) is 5.82 Å². The van der Waals surface area contributed by atoms with Gasteiger partial charge in [0.25, 0.3) is 0 Å². The molecule has 112 valence electrons. The lowest BCUT2D eigenvalue weighted by Gasteiger charge is -2.20. The van der Waals surface area contributed by atoms with Crippen molar-refractivity contribution >= 4 is 11.5 Å². The third kappa shape index (κ3) is 4.02. The summed E-state index contributed by atoms with van der Waals surface area (Å²) >= 11 is 0. The Hall–Kier alpha value is -1.94. The van der Waals surface area contributed by atoms with E-state index in [9.17, 15) is 4.39 Å². The van der Waals surface area contributed by atoms with Crippen LogP contribution < -0.4 is 10.2 Å². The van der Waals surface area contributed by atoms with Gasteiger partial charge in [-0.15, -0.1) is 0 Å². The highest BCUT2D eigenvalue weighted by Crippen LogP contribution is 2.24. The third-order valence-corrected chi connectivity index (χ3v) is 3.35. The fourth-order valence-electron chi connectivity index (χ4n) is 2.31. The van der Waals surface area contributed by atoms with Gasteiger partial charge >= 0.3 is 0 Å². The van der Waals surface area contributed by atoms with Gasteiger partial charge in [-0.25, -0.2) is 9.37 Å². The molecule has 0 aliphatic rings. The van der Waals surface area contributed by atoms with Crippen LogP contribution in [0.4, 0.5) is 15.9 Å². The maximum absolute atomic E-state index is 13.4. The predicted molar refractivity (Wildman–Crippen MR) is 85.5 cm³/mol. The topological polar surface area (TPSA) is 28.2 Å². The van der Waals surface area contributed by atoms with E-state index in [1.165, 1.54) is 17.7 Å². The zero-order chi connectivity index (χ0) is 15.2. The first kappa shape index (κ1) is 15.4. The second-order valence-electron chi connectivity index (χ2n) is 5.14. The lowest BCUT2D eigenvalue weighted by Crippen LogP contribution is -2.14. The average molecular weight is 287 g/mol. The summed E-state index contributed by atoms with van der Waals surface area (Å²) in [6.45, 7) is 2.94. The van der Waals surface area contributed by atoms with Gasteiger partial charge in [0.2, 0.25) is 0 Å². The Morgan fingerprint density at radius 1 is 1.24 bits per heavy atom. The van der Waals surface area contributed by atoms with Crippen LogP contribution in [0.5, 0.6) is 0 Å². The number of nitrogens with one attached hydrogen (secondary N) is 1. The van der Waals surface area contributed by atoms with E-state index in [1.54, 1.807) is 6.07 Å². The monoisotopic (exact) mass is 287 g/mol. The quantitative estimate of drug-likeness (QED) is 0.879. The molecule has 0 saturated heterocycles. The number of aryl methyl sites for hydroxylation is 1. The van der Waals surface area contributed by atoms with Crippen molar-refractivity contribution in [2.45, 2.75) is 26.3 Å². The van der Waals surface area contributed by atoms with Crippen LogP contribution in [0.2, 0.25) is 0 Å². The van der Waals surface area contributed by atoms with Crippen LogP contribution >= 0.6 is 0 Å². The molecule has 0 aliphatic carbocycles. The van der Waals surface area contributed by atoms with E-state index < -0.39 is 0 Å². The van der Waals surface area contributed by atoms with Crippen molar-refractivity contribution in [3.8, 4) is 0 Å². The fourth-order valence-corrected chi connectivity index (χ4v) is 2.31. The Morgan fingerprint density at radius 2 is 2.05 bits per heavy atom. The second kappa shape index (κ2) is 7.18. The lowest BCUT2D eigenvalue weighted by molar-refractivity contribution is 0.628.